The molecule has 4 nitrogen and oxygen atoms in total. The Hall–Kier alpha value is -1.78. The number of rotatable bonds is 0. The van der Waals surface area contributed by atoms with E-state index in [9.17, 15) is 5.11 Å². The van der Waals surface area contributed by atoms with Gasteiger partial charge in [0.05, 0.1) is 11.6 Å². The molecular weight excluding hydrogens is 266 g/mol. The van der Waals surface area contributed by atoms with Gasteiger partial charge in [0.2, 0.25) is 6.79 Å². The minimum Gasteiger partial charge on any atom is -0.454 e. The molecule has 0 saturated carbocycles. The molecule has 0 fully saturated rings. The molecule has 4 heteroatoms. The molecule has 1 N–H and O–H groups in total. The number of aliphatic hydroxyl groups is 1. The van der Waals surface area contributed by atoms with Gasteiger partial charge in [0.1, 0.15) is 0 Å². The molecule has 4 aliphatic rings. The zero-order valence-corrected chi connectivity index (χ0v) is 11.7. The third-order valence-corrected chi connectivity index (χ3v) is 5.25. The van der Waals surface area contributed by atoms with Crippen molar-refractivity contribution in [2.75, 3.05) is 19.9 Å². The monoisotopic (exact) mass is 283 g/mol. The number of hydrogen-bond donors (Lipinski definition) is 1. The van der Waals surface area contributed by atoms with Gasteiger partial charge in [-0.05, 0) is 35.3 Å². The van der Waals surface area contributed by atoms with Gasteiger partial charge < -0.3 is 14.6 Å². The van der Waals surface area contributed by atoms with Gasteiger partial charge in [0.25, 0.3) is 0 Å². The second-order valence-electron chi connectivity index (χ2n) is 6.21. The van der Waals surface area contributed by atoms with Crippen molar-refractivity contribution in [2.45, 2.75) is 24.5 Å². The van der Waals surface area contributed by atoms with Crippen LogP contribution in [0.4, 0.5) is 0 Å². The summed E-state index contributed by atoms with van der Waals surface area (Å²) < 4.78 is 11.1. The minimum atomic E-state index is -0.390. The van der Waals surface area contributed by atoms with Crippen LogP contribution in [0.25, 0.3) is 0 Å². The molecule has 1 spiro atoms. The lowest BCUT2D eigenvalue weighted by molar-refractivity contribution is 0.0771. The molecule has 2 atom stereocenters. The number of nitrogens with zero attached hydrogens (tertiary/aromatic N) is 1. The molecule has 0 amide bonds. The summed E-state index contributed by atoms with van der Waals surface area (Å²) in [6.07, 6.45) is 7.65. The van der Waals surface area contributed by atoms with Crippen LogP contribution in [0.3, 0.4) is 0 Å². The molecule has 3 aliphatic heterocycles. The Morgan fingerprint density at radius 3 is 3.00 bits per heavy atom. The number of benzene rings is 1. The highest BCUT2D eigenvalue weighted by molar-refractivity contribution is 5.58. The van der Waals surface area contributed by atoms with Crippen LogP contribution in [0, 0.1) is 0 Å². The van der Waals surface area contributed by atoms with Crippen molar-refractivity contribution in [1.29, 1.82) is 0 Å². The second-order valence-corrected chi connectivity index (χ2v) is 6.21. The molecule has 1 aromatic carbocycles. The maximum absolute atomic E-state index is 10.2. The average Bonchev–Trinajstić information content (AvgIpc) is 3.08. The largest absolute Gasteiger partial charge is 0.454 e. The van der Waals surface area contributed by atoms with E-state index in [0.717, 1.165) is 37.4 Å². The van der Waals surface area contributed by atoms with Gasteiger partial charge in [-0.1, -0.05) is 18.2 Å². The molecule has 1 aliphatic carbocycles. The van der Waals surface area contributed by atoms with Gasteiger partial charge in [-0.2, -0.15) is 0 Å². The van der Waals surface area contributed by atoms with Crippen LogP contribution in [0.15, 0.2) is 35.9 Å². The fraction of sp³-hybridized carbons (Fsp3) is 0.412. The van der Waals surface area contributed by atoms with Gasteiger partial charge in [-0.25, -0.2) is 0 Å². The lowest BCUT2D eigenvalue weighted by Gasteiger charge is -2.47. The molecule has 21 heavy (non-hydrogen) atoms. The first-order chi connectivity index (χ1) is 10.3. The summed E-state index contributed by atoms with van der Waals surface area (Å²) in [5.74, 6) is 1.69. The summed E-state index contributed by atoms with van der Waals surface area (Å²) in [5, 5.41) is 10.2. The van der Waals surface area contributed by atoms with E-state index in [1.54, 1.807) is 0 Å². The van der Waals surface area contributed by atoms with Gasteiger partial charge in [-0.3, -0.25) is 4.90 Å². The Balaban J connectivity index is 1.75. The lowest BCUT2D eigenvalue weighted by Crippen LogP contribution is -2.51. The molecule has 0 aromatic heterocycles. The normalized spacial score (nSPS) is 32.4. The minimum absolute atomic E-state index is 0.178. The van der Waals surface area contributed by atoms with Crippen LogP contribution in [-0.2, 0) is 12.0 Å². The van der Waals surface area contributed by atoms with E-state index in [-0.39, 0.29) is 11.6 Å². The summed E-state index contributed by atoms with van der Waals surface area (Å²) in [6, 6.07) is 4.26. The zero-order chi connectivity index (χ0) is 14.0. The van der Waals surface area contributed by atoms with Gasteiger partial charge in [0, 0.05) is 19.5 Å². The first-order valence-electron chi connectivity index (χ1n) is 7.52. The maximum atomic E-state index is 10.2. The Morgan fingerprint density at radius 2 is 2.10 bits per heavy atom. The fourth-order valence-electron chi connectivity index (χ4n) is 4.30. The van der Waals surface area contributed by atoms with Crippen molar-refractivity contribution in [1.82, 2.24) is 4.90 Å². The molecule has 1 aromatic rings. The number of aliphatic hydroxyl groups excluding tert-OH is 1. The number of fused-ring (bicyclic) bond motifs is 2. The summed E-state index contributed by atoms with van der Waals surface area (Å²) in [6.45, 7) is 2.29. The Bertz CT molecular complexity index is 694. The summed E-state index contributed by atoms with van der Waals surface area (Å²) >= 11 is 0. The average molecular weight is 283 g/mol. The third kappa shape index (κ3) is 1.41. The van der Waals surface area contributed by atoms with Crippen molar-refractivity contribution >= 4 is 0 Å². The Kier molecular flexibility index (Phi) is 2.20. The molecule has 0 saturated heterocycles. The molecule has 3 heterocycles. The van der Waals surface area contributed by atoms with Crippen LogP contribution in [0.2, 0.25) is 0 Å². The quantitative estimate of drug-likeness (QED) is 0.787. The van der Waals surface area contributed by atoms with Crippen molar-refractivity contribution in [3.05, 3.63) is 47.1 Å². The molecule has 108 valence electrons. The highest BCUT2D eigenvalue weighted by Crippen LogP contribution is 2.52. The molecule has 0 bridgehead atoms. The second kappa shape index (κ2) is 3.90. The lowest BCUT2D eigenvalue weighted by atomic mass is 9.71. The Morgan fingerprint density at radius 1 is 1.24 bits per heavy atom. The summed E-state index contributed by atoms with van der Waals surface area (Å²) in [5.41, 5.74) is 3.74. The van der Waals surface area contributed by atoms with Crippen LogP contribution < -0.4 is 9.47 Å². The van der Waals surface area contributed by atoms with E-state index in [0.29, 0.717) is 6.79 Å². The zero-order valence-electron chi connectivity index (χ0n) is 11.7. The first kappa shape index (κ1) is 11.8. The maximum Gasteiger partial charge on any atom is 0.231 e. The number of hydrogen-bond acceptors (Lipinski definition) is 4. The highest BCUT2D eigenvalue weighted by atomic mass is 16.7. The van der Waals surface area contributed by atoms with Gasteiger partial charge >= 0.3 is 0 Å². The van der Waals surface area contributed by atoms with E-state index in [1.165, 1.54) is 16.7 Å². The molecular formula is C17H17NO3. The fourth-order valence-corrected chi connectivity index (χ4v) is 4.30. The van der Waals surface area contributed by atoms with Gasteiger partial charge in [0.15, 0.2) is 11.5 Å². The Labute approximate surface area is 123 Å². The molecule has 0 radical (unpaired) electrons. The molecule has 5 rings (SSSR count). The van der Waals surface area contributed by atoms with Crippen molar-refractivity contribution in [3.8, 4) is 11.5 Å². The smallest absolute Gasteiger partial charge is 0.231 e. The van der Waals surface area contributed by atoms with E-state index in [4.69, 9.17) is 9.47 Å². The van der Waals surface area contributed by atoms with Crippen molar-refractivity contribution < 1.29 is 14.6 Å². The predicted molar refractivity (Wildman–Crippen MR) is 77.4 cm³/mol. The summed E-state index contributed by atoms with van der Waals surface area (Å²) in [7, 11) is 0. The number of ether oxygens (including phenoxy) is 2. The van der Waals surface area contributed by atoms with E-state index in [1.807, 2.05) is 6.08 Å². The predicted octanol–water partition coefficient (Wildman–Crippen LogP) is 1.73. The topological polar surface area (TPSA) is 41.9 Å². The molecule has 1 unspecified atom stereocenters. The van der Waals surface area contributed by atoms with Crippen LogP contribution >= 0.6 is 0 Å². The third-order valence-electron chi connectivity index (χ3n) is 5.25. The van der Waals surface area contributed by atoms with Crippen LogP contribution in [0.1, 0.15) is 17.5 Å². The first-order valence-corrected chi connectivity index (χ1v) is 7.52. The van der Waals surface area contributed by atoms with E-state index in [2.05, 4.69) is 29.2 Å². The van der Waals surface area contributed by atoms with Crippen LogP contribution in [0.5, 0.6) is 11.5 Å². The standard InChI is InChI=1S/C17H17NO3/c19-13-2-1-12-4-6-18-5-3-11-7-15-16(21-10-20-15)8-14(11)17(12,18)9-13/h1-2,4,7-8,13,19H,3,5-6,9-10H2/t13?,17-/m0/s1. The van der Waals surface area contributed by atoms with Crippen LogP contribution in [-0.4, -0.2) is 36.0 Å². The van der Waals surface area contributed by atoms with E-state index >= 15 is 0 Å². The van der Waals surface area contributed by atoms with E-state index < -0.39 is 0 Å². The van der Waals surface area contributed by atoms with Gasteiger partial charge in [-0.15, -0.1) is 0 Å². The van der Waals surface area contributed by atoms with Crippen molar-refractivity contribution in [3.63, 3.8) is 0 Å². The summed E-state index contributed by atoms with van der Waals surface area (Å²) in [4.78, 5) is 2.49. The SMILES string of the molecule is OC1C=CC2=CCN3CCc4cc5c(cc4[C@]23C1)OCO5. The van der Waals surface area contributed by atoms with Crippen molar-refractivity contribution in [2.24, 2.45) is 0 Å². The highest BCUT2D eigenvalue weighted by Gasteiger charge is 2.50.